The van der Waals surface area contributed by atoms with E-state index in [2.05, 4.69) is 14.7 Å². The van der Waals surface area contributed by atoms with Gasteiger partial charge in [0.15, 0.2) is 5.03 Å². The van der Waals surface area contributed by atoms with Gasteiger partial charge in [-0.05, 0) is 36.5 Å². The lowest BCUT2D eigenvalue weighted by molar-refractivity contribution is 0.594. The molecule has 1 aliphatic rings. The van der Waals surface area contributed by atoms with Crippen LogP contribution in [0.1, 0.15) is 25.6 Å². The number of pyridine rings is 1. The maximum Gasteiger partial charge on any atom is 0.282 e. The molecule has 0 atom stereocenters. The Hall–Kier alpha value is -2.67. The molecule has 0 saturated heterocycles. The van der Waals surface area contributed by atoms with Crippen molar-refractivity contribution in [1.82, 2.24) is 14.5 Å². The van der Waals surface area contributed by atoms with Gasteiger partial charge in [-0.1, -0.05) is 37.3 Å². The second kappa shape index (κ2) is 7.15. The number of hydrogen-bond acceptors (Lipinski definition) is 4. The van der Waals surface area contributed by atoms with Gasteiger partial charge < -0.3 is 4.57 Å². The lowest BCUT2D eigenvalue weighted by atomic mass is 10.1. The zero-order valence-electron chi connectivity index (χ0n) is 15.2. The third kappa shape index (κ3) is 3.88. The largest absolute Gasteiger partial charge is 0.333 e. The summed E-state index contributed by atoms with van der Waals surface area (Å²) in [6.45, 7) is 2.83. The van der Waals surface area contributed by atoms with E-state index >= 15 is 0 Å². The molecule has 140 valence electrons. The highest BCUT2D eigenvalue weighted by Crippen LogP contribution is 2.32. The normalized spacial score (nSPS) is 14.3. The van der Waals surface area contributed by atoms with Crippen LogP contribution in [0.3, 0.4) is 0 Å². The molecule has 7 heteroatoms. The van der Waals surface area contributed by atoms with E-state index < -0.39 is 10.0 Å². The highest BCUT2D eigenvalue weighted by molar-refractivity contribution is 7.92. The molecule has 1 fully saturated rings. The lowest BCUT2D eigenvalue weighted by Crippen LogP contribution is -2.15. The second-order valence-electron chi connectivity index (χ2n) is 6.82. The molecule has 0 bridgehead atoms. The van der Waals surface area contributed by atoms with Crippen molar-refractivity contribution in [1.29, 1.82) is 0 Å². The predicted octanol–water partition coefficient (Wildman–Crippen LogP) is 3.72. The van der Waals surface area contributed by atoms with Crippen molar-refractivity contribution in [3.05, 3.63) is 60.7 Å². The van der Waals surface area contributed by atoms with Crippen LogP contribution in [-0.4, -0.2) is 23.0 Å². The Morgan fingerprint density at radius 3 is 2.63 bits per heavy atom. The van der Waals surface area contributed by atoms with Crippen LogP contribution in [0.15, 0.2) is 59.9 Å². The van der Waals surface area contributed by atoms with E-state index in [1.165, 1.54) is 12.8 Å². The van der Waals surface area contributed by atoms with Crippen molar-refractivity contribution in [2.45, 2.75) is 37.8 Å². The number of aromatic nitrogens is 3. The molecule has 0 unspecified atom stereocenters. The molecule has 2 aromatic heterocycles. The number of nitrogens with zero attached hydrogens (tertiary/aromatic N) is 3. The summed E-state index contributed by atoms with van der Waals surface area (Å²) in [5.41, 5.74) is 1.63. The van der Waals surface area contributed by atoms with Crippen molar-refractivity contribution in [2.75, 3.05) is 4.72 Å². The third-order valence-electron chi connectivity index (χ3n) is 4.70. The van der Waals surface area contributed by atoms with Crippen molar-refractivity contribution < 1.29 is 8.42 Å². The molecule has 27 heavy (non-hydrogen) atoms. The third-order valence-corrected chi connectivity index (χ3v) is 5.91. The number of hydrogen-bond donors (Lipinski definition) is 1. The predicted molar refractivity (Wildman–Crippen MR) is 105 cm³/mol. The molecule has 0 amide bonds. The molecule has 1 aliphatic carbocycles. The summed E-state index contributed by atoms with van der Waals surface area (Å²) in [7, 11) is -3.82. The molecule has 1 aromatic carbocycles. The van der Waals surface area contributed by atoms with Crippen LogP contribution in [0.2, 0.25) is 0 Å². The number of rotatable bonds is 7. The van der Waals surface area contributed by atoms with Gasteiger partial charge in [0, 0.05) is 30.9 Å². The summed E-state index contributed by atoms with van der Waals surface area (Å²) in [6.07, 6.45) is 6.32. The number of anilines is 1. The average Bonchev–Trinajstić information content (AvgIpc) is 3.39. The fraction of sp³-hybridized carbons (Fsp3) is 0.300. The van der Waals surface area contributed by atoms with Crippen LogP contribution in [-0.2, 0) is 23.0 Å². The fourth-order valence-corrected chi connectivity index (χ4v) is 4.11. The van der Waals surface area contributed by atoms with Crippen LogP contribution >= 0.6 is 0 Å². The van der Waals surface area contributed by atoms with Crippen LogP contribution in [0.5, 0.6) is 0 Å². The van der Waals surface area contributed by atoms with E-state index in [0.29, 0.717) is 18.2 Å². The van der Waals surface area contributed by atoms with Crippen LogP contribution < -0.4 is 4.72 Å². The fourth-order valence-electron chi connectivity index (χ4n) is 3.09. The summed E-state index contributed by atoms with van der Waals surface area (Å²) < 4.78 is 30.5. The van der Waals surface area contributed by atoms with Gasteiger partial charge in [-0.3, -0.25) is 4.72 Å². The molecule has 0 spiro atoms. The molecule has 0 radical (unpaired) electrons. The van der Waals surface area contributed by atoms with Gasteiger partial charge >= 0.3 is 0 Å². The maximum atomic E-state index is 12.9. The highest BCUT2D eigenvalue weighted by atomic mass is 32.2. The van der Waals surface area contributed by atoms with Crippen molar-refractivity contribution in [3.8, 4) is 11.1 Å². The Morgan fingerprint density at radius 1 is 1.15 bits per heavy atom. The van der Waals surface area contributed by atoms with Crippen LogP contribution in [0, 0.1) is 5.92 Å². The first-order valence-corrected chi connectivity index (χ1v) is 10.6. The Bertz CT molecular complexity index is 1040. The molecule has 3 aromatic rings. The highest BCUT2D eigenvalue weighted by Gasteiger charge is 2.26. The van der Waals surface area contributed by atoms with Gasteiger partial charge in [0.2, 0.25) is 0 Å². The lowest BCUT2D eigenvalue weighted by Gasteiger charge is -2.10. The van der Waals surface area contributed by atoms with Gasteiger partial charge in [-0.25, -0.2) is 9.97 Å². The molecule has 4 rings (SSSR count). The first kappa shape index (κ1) is 17.7. The van der Waals surface area contributed by atoms with E-state index in [4.69, 9.17) is 0 Å². The zero-order chi connectivity index (χ0) is 18.9. The summed E-state index contributed by atoms with van der Waals surface area (Å²) >= 11 is 0. The van der Waals surface area contributed by atoms with E-state index in [9.17, 15) is 8.42 Å². The Morgan fingerprint density at radius 2 is 1.93 bits per heavy atom. The Kier molecular flexibility index (Phi) is 4.70. The number of nitrogens with one attached hydrogen (secondary N) is 1. The molecule has 2 heterocycles. The summed E-state index contributed by atoms with van der Waals surface area (Å²) in [4.78, 5) is 8.61. The standard InChI is InChI=1S/C20H22N4O2S/c1-2-18-22-19(14-24(18)13-15-10-11-15)27(25,26)23-20-17(9-6-12-21-20)16-7-4-3-5-8-16/h3-9,12,14-15H,2,10-11,13H2,1H3,(H,21,23). The van der Waals surface area contributed by atoms with E-state index in [1.807, 2.05) is 47.9 Å². The second-order valence-corrected chi connectivity index (χ2v) is 8.45. The van der Waals surface area contributed by atoms with Crippen molar-refractivity contribution in [2.24, 2.45) is 5.92 Å². The number of sulfonamides is 1. The van der Waals surface area contributed by atoms with Gasteiger partial charge in [0.25, 0.3) is 10.0 Å². The summed E-state index contributed by atoms with van der Waals surface area (Å²) in [5, 5.41) is 0.0460. The molecule has 0 aliphatic heterocycles. The topological polar surface area (TPSA) is 76.9 Å². The zero-order valence-corrected chi connectivity index (χ0v) is 16.0. The SMILES string of the molecule is CCc1nc(S(=O)(=O)Nc2ncccc2-c2ccccc2)cn1CC1CC1. The smallest absolute Gasteiger partial charge is 0.282 e. The monoisotopic (exact) mass is 382 g/mol. The summed E-state index contributed by atoms with van der Waals surface area (Å²) in [5.74, 6) is 1.75. The molecule has 1 saturated carbocycles. The van der Waals surface area contributed by atoms with Crippen molar-refractivity contribution >= 4 is 15.8 Å². The number of aryl methyl sites for hydroxylation is 1. The molecule has 1 N–H and O–H groups in total. The van der Waals surface area contributed by atoms with Crippen LogP contribution in [0.4, 0.5) is 5.82 Å². The van der Waals surface area contributed by atoms with Crippen molar-refractivity contribution in [3.63, 3.8) is 0 Å². The average molecular weight is 382 g/mol. The first-order valence-electron chi connectivity index (χ1n) is 9.16. The Labute approximate surface area is 159 Å². The Balaban J connectivity index is 1.66. The minimum absolute atomic E-state index is 0.0460. The molecular weight excluding hydrogens is 360 g/mol. The van der Waals surface area contributed by atoms with Crippen LogP contribution in [0.25, 0.3) is 11.1 Å². The van der Waals surface area contributed by atoms with Gasteiger partial charge in [-0.2, -0.15) is 8.42 Å². The van der Waals surface area contributed by atoms with Gasteiger partial charge in [-0.15, -0.1) is 0 Å². The number of benzene rings is 1. The van der Waals surface area contributed by atoms with E-state index in [1.54, 1.807) is 18.5 Å². The minimum Gasteiger partial charge on any atom is -0.333 e. The quantitative estimate of drug-likeness (QED) is 0.676. The molecule has 6 nitrogen and oxygen atoms in total. The van der Waals surface area contributed by atoms with E-state index in [0.717, 1.165) is 23.5 Å². The first-order chi connectivity index (χ1) is 13.1. The van der Waals surface area contributed by atoms with E-state index in [-0.39, 0.29) is 5.03 Å². The molecular formula is C20H22N4O2S. The van der Waals surface area contributed by atoms with Gasteiger partial charge in [0.1, 0.15) is 11.6 Å². The number of imidazole rings is 1. The van der Waals surface area contributed by atoms with Gasteiger partial charge in [0.05, 0.1) is 0 Å². The summed E-state index contributed by atoms with van der Waals surface area (Å²) in [6, 6.07) is 13.2. The minimum atomic E-state index is -3.82. The maximum absolute atomic E-state index is 12.9.